The first kappa shape index (κ1) is 24.8. The summed E-state index contributed by atoms with van der Waals surface area (Å²) in [5.74, 6) is -0.218. The summed E-state index contributed by atoms with van der Waals surface area (Å²) in [5.41, 5.74) is 5.87. The molecule has 35 heavy (non-hydrogen) atoms. The first-order valence-electron chi connectivity index (χ1n) is 11.6. The Morgan fingerprint density at radius 1 is 0.943 bits per heavy atom. The van der Waals surface area contributed by atoms with E-state index in [2.05, 4.69) is 10.2 Å². The van der Waals surface area contributed by atoms with Crippen LogP contribution in [0.3, 0.4) is 0 Å². The van der Waals surface area contributed by atoms with Gasteiger partial charge in [0.1, 0.15) is 0 Å². The molecule has 0 spiro atoms. The maximum Gasteiger partial charge on any atom is 0.255 e. The van der Waals surface area contributed by atoms with E-state index in [9.17, 15) is 13.2 Å². The number of benzene rings is 3. The average Bonchev–Trinajstić information content (AvgIpc) is 2.85. The summed E-state index contributed by atoms with van der Waals surface area (Å²) in [4.78, 5) is 15.0. The van der Waals surface area contributed by atoms with Gasteiger partial charge in [-0.15, -0.1) is 0 Å². The molecule has 0 atom stereocenters. The maximum atomic E-state index is 12.7. The quantitative estimate of drug-likeness (QED) is 0.529. The van der Waals surface area contributed by atoms with Crippen LogP contribution < -0.4 is 14.5 Å². The molecule has 1 saturated heterocycles. The lowest BCUT2D eigenvalue weighted by molar-refractivity contribution is 0.102. The molecular formula is C27H31N3O4S. The highest BCUT2D eigenvalue weighted by Crippen LogP contribution is 2.24. The van der Waals surface area contributed by atoms with Crippen molar-refractivity contribution in [2.45, 2.75) is 20.4 Å². The molecule has 1 N–H and O–H groups in total. The molecule has 7 nitrogen and oxygen atoms in total. The fourth-order valence-corrected chi connectivity index (χ4v) is 4.87. The van der Waals surface area contributed by atoms with Crippen LogP contribution in [-0.4, -0.2) is 46.9 Å². The van der Waals surface area contributed by atoms with Crippen LogP contribution in [0.1, 0.15) is 27.0 Å². The Labute approximate surface area is 207 Å². The van der Waals surface area contributed by atoms with Crippen LogP contribution in [0, 0.1) is 13.8 Å². The van der Waals surface area contributed by atoms with Crippen LogP contribution in [-0.2, 0) is 21.3 Å². The second-order valence-electron chi connectivity index (χ2n) is 8.84. The lowest BCUT2D eigenvalue weighted by Crippen LogP contribution is -2.36. The predicted molar refractivity (Wildman–Crippen MR) is 141 cm³/mol. The highest BCUT2D eigenvalue weighted by atomic mass is 32.2. The summed E-state index contributed by atoms with van der Waals surface area (Å²) in [5, 5.41) is 2.92. The second-order valence-corrected chi connectivity index (χ2v) is 10.7. The number of carbonyl (C=O) groups excluding carboxylic acids is 1. The zero-order valence-electron chi connectivity index (χ0n) is 20.3. The normalized spacial score (nSPS) is 14.0. The predicted octanol–water partition coefficient (Wildman–Crippen LogP) is 4.36. The second kappa shape index (κ2) is 10.5. The third-order valence-electron chi connectivity index (χ3n) is 6.22. The molecule has 0 radical (unpaired) electrons. The third kappa shape index (κ3) is 6.21. The van der Waals surface area contributed by atoms with Crippen LogP contribution >= 0.6 is 0 Å². The number of hydrogen-bond donors (Lipinski definition) is 1. The van der Waals surface area contributed by atoms with Gasteiger partial charge in [0, 0.05) is 30.0 Å². The SMILES string of the molecule is Cc1ccc(N(Cc2ccc(C(=O)Nc3ccc(N4CCOCC4)cc3)cc2)S(C)(=O)=O)cc1C. The fraction of sp³-hybridized carbons (Fsp3) is 0.296. The van der Waals surface area contributed by atoms with Crippen molar-refractivity contribution in [1.29, 1.82) is 0 Å². The molecule has 184 valence electrons. The van der Waals surface area contributed by atoms with Gasteiger partial charge in [-0.25, -0.2) is 8.42 Å². The number of anilines is 3. The molecule has 4 rings (SSSR count). The molecule has 0 unspecified atom stereocenters. The van der Waals surface area contributed by atoms with E-state index in [1.807, 2.05) is 56.3 Å². The Morgan fingerprint density at radius 2 is 1.60 bits per heavy atom. The number of aryl methyl sites for hydroxylation is 2. The van der Waals surface area contributed by atoms with Crippen molar-refractivity contribution < 1.29 is 17.9 Å². The topological polar surface area (TPSA) is 79.0 Å². The molecule has 0 aromatic heterocycles. The molecule has 3 aromatic rings. The van der Waals surface area contributed by atoms with E-state index in [0.29, 0.717) is 16.9 Å². The van der Waals surface area contributed by atoms with Gasteiger partial charge >= 0.3 is 0 Å². The van der Waals surface area contributed by atoms with E-state index in [1.54, 1.807) is 24.3 Å². The van der Waals surface area contributed by atoms with Gasteiger partial charge < -0.3 is 15.0 Å². The third-order valence-corrected chi connectivity index (χ3v) is 7.36. The minimum atomic E-state index is -3.48. The van der Waals surface area contributed by atoms with Gasteiger partial charge in [0.15, 0.2) is 0 Å². The summed E-state index contributed by atoms with van der Waals surface area (Å²) < 4.78 is 31.7. The highest BCUT2D eigenvalue weighted by molar-refractivity contribution is 7.92. The van der Waals surface area contributed by atoms with Gasteiger partial charge in [-0.05, 0) is 79.1 Å². The molecule has 3 aromatic carbocycles. The van der Waals surface area contributed by atoms with Crippen LogP contribution in [0.15, 0.2) is 66.7 Å². The summed E-state index contributed by atoms with van der Waals surface area (Å²) in [6.45, 7) is 7.31. The van der Waals surface area contributed by atoms with Gasteiger partial charge in [0.2, 0.25) is 10.0 Å². The molecule has 1 heterocycles. The van der Waals surface area contributed by atoms with Crippen molar-refractivity contribution >= 4 is 33.0 Å². The first-order chi connectivity index (χ1) is 16.7. The molecule has 0 saturated carbocycles. The molecular weight excluding hydrogens is 462 g/mol. The maximum absolute atomic E-state index is 12.7. The van der Waals surface area contributed by atoms with Gasteiger partial charge in [0.25, 0.3) is 5.91 Å². The van der Waals surface area contributed by atoms with E-state index in [1.165, 1.54) is 10.6 Å². The lowest BCUT2D eigenvalue weighted by Gasteiger charge is -2.28. The van der Waals surface area contributed by atoms with E-state index < -0.39 is 10.0 Å². The largest absolute Gasteiger partial charge is 0.378 e. The molecule has 1 fully saturated rings. The molecule has 1 aliphatic rings. The van der Waals surface area contributed by atoms with Crippen molar-refractivity contribution in [3.63, 3.8) is 0 Å². The number of morpholine rings is 1. The van der Waals surface area contributed by atoms with E-state index in [0.717, 1.165) is 48.7 Å². The smallest absolute Gasteiger partial charge is 0.255 e. The minimum absolute atomic E-state index is 0.187. The standard InChI is InChI=1S/C27H31N3O4S/c1-20-4-11-26(18-21(20)2)30(35(3,32)33)19-22-5-7-23(8-6-22)27(31)28-24-9-12-25(13-10-24)29-14-16-34-17-15-29/h4-13,18H,14-17,19H2,1-3H3,(H,28,31). The van der Waals surface area contributed by atoms with Crippen LogP contribution in [0.2, 0.25) is 0 Å². The van der Waals surface area contributed by atoms with Gasteiger partial charge in [-0.3, -0.25) is 9.10 Å². The Balaban J connectivity index is 1.42. The highest BCUT2D eigenvalue weighted by Gasteiger charge is 2.19. The number of ether oxygens (including phenoxy) is 1. The Kier molecular flexibility index (Phi) is 7.42. The zero-order valence-corrected chi connectivity index (χ0v) is 21.1. The Bertz CT molecular complexity index is 1280. The minimum Gasteiger partial charge on any atom is -0.378 e. The fourth-order valence-electron chi connectivity index (χ4n) is 3.99. The molecule has 0 aliphatic carbocycles. The van der Waals surface area contributed by atoms with E-state index in [4.69, 9.17) is 4.74 Å². The number of nitrogens with one attached hydrogen (secondary N) is 1. The number of sulfonamides is 1. The van der Waals surface area contributed by atoms with Crippen molar-refractivity contribution in [1.82, 2.24) is 0 Å². The number of nitrogens with zero attached hydrogens (tertiary/aromatic N) is 2. The summed E-state index contributed by atoms with van der Waals surface area (Å²) in [6.07, 6.45) is 1.20. The number of carbonyl (C=O) groups is 1. The monoisotopic (exact) mass is 493 g/mol. The van der Waals surface area contributed by atoms with Crippen molar-refractivity contribution in [2.24, 2.45) is 0 Å². The lowest BCUT2D eigenvalue weighted by atomic mass is 10.1. The first-order valence-corrected chi connectivity index (χ1v) is 13.4. The number of amides is 1. The van der Waals surface area contributed by atoms with Crippen LogP contribution in [0.5, 0.6) is 0 Å². The van der Waals surface area contributed by atoms with E-state index >= 15 is 0 Å². The average molecular weight is 494 g/mol. The molecule has 8 heteroatoms. The number of hydrogen-bond acceptors (Lipinski definition) is 5. The van der Waals surface area contributed by atoms with Gasteiger partial charge in [-0.2, -0.15) is 0 Å². The van der Waals surface area contributed by atoms with Gasteiger partial charge in [-0.1, -0.05) is 18.2 Å². The van der Waals surface area contributed by atoms with Crippen molar-refractivity contribution in [3.05, 3.63) is 89.0 Å². The van der Waals surface area contributed by atoms with Crippen LogP contribution in [0.25, 0.3) is 0 Å². The van der Waals surface area contributed by atoms with Crippen molar-refractivity contribution in [3.8, 4) is 0 Å². The summed E-state index contributed by atoms with van der Waals surface area (Å²) in [7, 11) is -3.48. The van der Waals surface area contributed by atoms with Crippen LogP contribution in [0.4, 0.5) is 17.1 Å². The van der Waals surface area contributed by atoms with Crippen molar-refractivity contribution in [2.75, 3.05) is 47.1 Å². The van der Waals surface area contributed by atoms with Gasteiger partial charge in [0.05, 0.1) is 31.7 Å². The van der Waals surface area contributed by atoms with E-state index in [-0.39, 0.29) is 12.5 Å². The molecule has 1 aliphatic heterocycles. The molecule has 1 amide bonds. The summed E-state index contributed by atoms with van der Waals surface area (Å²) in [6, 6.07) is 20.4. The summed E-state index contributed by atoms with van der Waals surface area (Å²) >= 11 is 0. The number of rotatable bonds is 7. The zero-order chi connectivity index (χ0) is 25.0. The Hall–Kier alpha value is -3.36. The Morgan fingerprint density at radius 3 is 2.20 bits per heavy atom. The molecule has 0 bridgehead atoms.